The first-order chi connectivity index (χ1) is 16.5. The van der Waals surface area contributed by atoms with Gasteiger partial charge in [0.25, 0.3) is 0 Å². The van der Waals surface area contributed by atoms with E-state index in [0.29, 0.717) is 56.9 Å². The Balaban J connectivity index is 1.41. The maximum absolute atomic E-state index is 14.6. The van der Waals surface area contributed by atoms with Gasteiger partial charge in [0.2, 0.25) is 5.91 Å². The third-order valence-corrected chi connectivity index (χ3v) is 7.35. The number of methoxy groups -OCH3 is 1. The molecule has 34 heavy (non-hydrogen) atoms. The molecule has 2 fully saturated rings. The third-order valence-electron chi connectivity index (χ3n) is 6.51. The number of ether oxygens (including phenoxy) is 2. The van der Waals surface area contributed by atoms with Crippen molar-refractivity contribution in [3.8, 4) is 11.5 Å². The van der Waals surface area contributed by atoms with Gasteiger partial charge in [-0.25, -0.2) is 14.4 Å². The van der Waals surface area contributed by atoms with Gasteiger partial charge < -0.3 is 25.4 Å². The number of anilines is 2. The lowest BCUT2D eigenvalue weighted by molar-refractivity contribution is -0.131. The van der Waals surface area contributed by atoms with Crippen LogP contribution >= 0.6 is 22.6 Å². The van der Waals surface area contributed by atoms with Gasteiger partial charge in [-0.05, 0) is 66.5 Å². The first-order valence-corrected chi connectivity index (χ1v) is 12.3. The van der Waals surface area contributed by atoms with Gasteiger partial charge in [0, 0.05) is 24.5 Å². The summed E-state index contributed by atoms with van der Waals surface area (Å²) in [6.07, 6.45) is 4.28. The van der Waals surface area contributed by atoms with E-state index >= 15 is 0 Å². The average Bonchev–Trinajstić information content (AvgIpc) is 2.85. The zero-order valence-corrected chi connectivity index (χ0v) is 20.8. The zero-order valence-electron chi connectivity index (χ0n) is 18.7. The Morgan fingerprint density at radius 3 is 2.76 bits per heavy atom. The van der Waals surface area contributed by atoms with Gasteiger partial charge in [0.1, 0.15) is 12.1 Å². The minimum atomic E-state index is -0.492. The first-order valence-electron chi connectivity index (χ1n) is 11.2. The first kappa shape index (κ1) is 23.0. The highest BCUT2D eigenvalue weighted by Gasteiger charge is 2.43. The molecule has 1 spiro atoms. The fourth-order valence-electron chi connectivity index (χ4n) is 4.66. The second kappa shape index (κ2) is 9.49. The van der Waals surface area contributed by atoms with Crippen LogP contribution in [-0.2, 0) is 4.79 Å². The molecule has 1 saturated carbocycles. The zero-order chi connectivity index (χ0) is 23.7. The highest BCUT2D eigenvalue weighted by molar-refractivity contribution is 14.1. The monoisotopic (exact) mass is 577 g/mol. The van der Waals surface area contributed by atoms with Gasteiger partial charge >= 0.3 is 0 Å². The van der Waals surface area contributed by atoms with Crippen molar-refractivity contribution in [1.29, 1.82) is 0 Å². The summed E-state index contributed by atoms with van der Waals surface area (Å²) in [5, 5.41) is 10.2. The van der Waals surface area contributed by atoms with E-state index in [1.165, 1.54) is 6.33 Å². The Bertz CT molecular complexity index is 1230. The number of hydrogen-bond donors (Lipinski definition) is 3. The Hall–Kier alpha value is -2.73. The minimum Gasteiger partial charge on any atom is -0.493 e. The lowest BCUT2D eigenvalue weighted by atomic mass is 9.78. The second-order valence-electron chi connectivity index (χ2n) is 8.55. The summed E-state index contributed by atoms with van der Waals surface area (Å²) in [5.74, 6) is 1.35. The van der Waals surface area contributed by atoms with Crippen molar-refractivity contribution in [2.45, 2.75) is 37.3 Å². The number of hydrogen-bond acceptors (Lipinski definition) is 7. The normalized spacial score (nSPS) is 22.4. The summed E-state index contributed by atoms with van der Waals surface area (Å²) < 4.78 is 27.0. The number of amides is 1. The van der Waals surface area contributed by atoms with E-state index < -0.39 is 5.54 Å². The molecule has 2 aromatic carbocycles. The molecule has 3 aromatic rings. The standard InChI is InChI=1S/C24H25FIN5O3/c1-33-19-12-18-15(22(29-13-28-18)31-17-4-2-3-16(26)21(17)25)11-20(19)34-14-5-7-24(8-6-14)23(32)27-9-10-30-24/h2-4,11-14,30H,5-10H2,1H3,(H,27,32)(H,28,29,31). The van der Waals surface area contributed by atoms with Crippen LogP contribution in [0.4, 0.5) is 15.9 Å². The predicted molar refractivity (Wildman–Crippen MR) is 135 cm³/mol. The molecule has 178 valence electrons. The van der Waals surface area contributed by atoms with Gasteiger partial charge in [-0.1, -0.05) is 6.07 Å². The van der Waals surface area contributed by atoms with Crippen LogP contribution < -0.4 is 25.4 Å². The minimum absolute atomic E-state index is 0.0531. The van der Waals surface area contributed by atoms with Crippen molar-refractivity contribution >= 4 is 50.9 Å². The van der Waals surface area contributed by atoms with E-state index in [1.54, 1.807) is 31.4 Å². The number of carbonyl (C=O) groups excluding carboxylic acids is 1. The molecule has 0 bridgehead atoms. The molecule has 1 aliphatic carbocycles. The molecular formula is C24H25FIN5O3. The van der Waals surface area contributed by atoms with Crippen LogP contribution in [0.2, 0.25) is 0 Å². The summed E-state index contributed by atoms with van der Waals surface area (Å²) >= 11 is 1.96. The van der Waals surface area contributed by atoms with Crippen LogP contribution in [-0.4, -0.2) is 47.7 Å². The largest absolute Gasteiger partial charge is 0.493 e. The number of nitrogens with zero attached hydrogens (tertiary/aromatic N) is 2. The molecule has 1 amide bonds. The fourth-order valence-corrected chi connectivity index (χ4v) is 5.15. The van der Waals surface area contributed by atoms with Crippen LogP contribution in [0.3, 0.4) is 0 Å². The number of piperazine rings is 1. The Labute approximate surface area is 210 Å². The number of carbonyl (C=O) groups is 1. The van der Waals surface area contributed by atoms with E-state index in [9.17, 15) is 9.18 Å². The quantitative estimate of drug-likeness (QED) is 0.396. The molecule has 5 rings (SSSR count). The number of aromatic nitrogens is 2. The van der Waals surface area contributed by atoms with E-state index in [0.717, 1.165) is 19.4 Å². The van der Waals surface area contributed by atoms with Crippen LogP contribution in [0.15, 0.2) is 36.7 Å². The Morgan fingerprint density at radius 2 is 2.00 bits per heavy atom. The fraction of sp³-hybridized carbons (Fsp3) is 0.375. The molecule has 2 aliphatic rings. The van der Waals surface area contributed by atoms with Crippen molar-refractivity contribution in [1.82, 2.24) is 20.6 Å². The lowest BCUT2D eigenvalue weighted by Crippen LogP contribution is -2.64. The molecule has 8 nitrogen and oxygen atoms in total. The average molecular weight is 577 g/mol. The molecule has 1 saturated heterocycles. The number of fused-ring (bicyclic) bond motifs is 1. The maximum atomic E-state index is 14.6. The second-order valence-corrected chi connectivity index (χ2v) is 9.71. The molecule has 1 aromatic heterocycles. The summed E-state index contributed by atoms with van der Waals surface area (Å²) in [7, 11) is 1.59. The number of benzene rings is 2. The smallest absolute Gasteiger partial charge is 0.240 e. The van der Waals surface area contributed by atoms with Crippen LogP contribution in [0.1, 0.15) is 25.7 Å². The van der Waals surface area contributed by atoms with Crippen molar-refractivity contribution in [3.05, 3.63) is 46.0 Å². The van der Waals surface area contributed by atoms with E-state index in [1.807, 2.05) is 28.7 Å². The maximum Gasteiger partial charge on any atom is 0.240 e. The highest BCUT2D eigenvalue weighted by Crippen LogP contribution is 2.38. The molecular weight excluding hydrogens is 552 g/mol. The van der Waals surface area contributed by atoms with E-state index in [4.69, 9.17) is 9.47 Å². The Morgan fingerprint density at radius 1 is 1.18 bits per heavy atom. The van der Waals surface area contributed by atoms with Gasteiger partial charge in [0.05, 0.1) is 33.5 Å². The number of rotatable bonds is 5. The molecule has 0 atom stereocenters. The van der Waals surface area contributed by atoms with Crippen LogP contribution in [0.5, 0.6) is 11.5 Å². The lowest BCUT2D eigenvalue weighted by Gasteiger charge is -2.42. The van der Waals surface area contributed by atoms with Gasteiger partial charge in [-0.3, -0.25) is 4.79 Å². The van der Waals surface area contributed by atoms with Crippen molar-refractivity contribution in [3.63, 3.8) is 0 Å². The molecule has 2 heterocycles. The van der Waals surface area contributed by atoms with Crippen molar-refractivity contribution in [2.24, 2.45) is 0 Å². The van der Waals surface area contributed by atoms with Crippen LogP contribution in [0.25, 0.3) is 10.9 Å². The Kier molecular flexibility index (Phi) is 6.43. The van der Waals surface area contributed by atoms with E-state index in [-0.39, 0.29) is 17.8 Å². The van der Waals surface area contributed by atoms with Crippen LogP contribution in [0, 0.1) is 9.39 Å². The molecule has 10 heteroatoms. The van der Waals surface area contributed by atoms with Gasteiger partial charge in [0.15, 0.2) is 17.3 Å². The molecule has 3 N–H and O–H groups in total. The molecule has 0 radical (unpaired) electrons. The van der Waals surface area contributed by atoms with Gasteiger partial charge in [-0.2, -0.15) is 0 Å². The molecule has 0 unspecified atom stereocenters. The highest BCUT2D eigenvalue weighted by atomic mass is 127. The molecule has 1 aliphatic heterocycles. The summed E-state index contributed by atoms with van der Waals surface area (Å²) in [6.45, 7) is 1.45. The predicted octanol–water partition coefficient (Wildman–Crippen LogP) is 3.91. The summed E-state index contributed by atoms with van der Waals surface area (Å²) in [6, 6.07) is 8.78. The van der Waals surface area contributed by atoms with Crippen molar-refractivity contribution in [2.75, 3.05) is 25.5 Å². The SMILES string of the molecule is COc1cc2ncnc(Nc3cccc(I)c3F)c2cc1OC1CCC2(CC1)NCCNC2=O. The van der Waals surface area contributed by atoms with Crippen molar-refractivity contribution < 1.29 is 18.7 Å². The third kappa shape index (κ3) is 4.36. The number of nitrogens with one attached hydrogen (secondary N) is 3. The summed E-state index contributed by atoms with van der Waals surface area (Å²) in [4.78, 5) is 21.1. The topological polar surface area (TPSA) is 97.4 Å². The summed E-state index contributed by atoms with van der Waals surface area (Å²) in [5.41, 5.74) is 0.493. The number of halogens is 2. The van der Waals surface area contributed by atoms with Gasteiger partial charge in [-0.15, -0.1) is 0 Å². The van der Waals surface area contributed by atoms with E-state index in [2.05, 4.69) is 25.9 Å².